The van der Waals surface area contributed by atoms with Crippen LogP contribution >= 0.6 is 11.6 Å². The van der Waals surface area contributed by atoms with Crippen molar-refractivity contribution in [1.29, 1.82) is 0 Å². The van der Waals surface area contributed by atoms with Crippen LogP contribution < -0.4 is 5.43 Å². The molecule has 0 fully saturated rings. The summed E-state index contributed by atoms with van der Waals surface area (Å²) in [6.45, 7) is 0. The lowest BCUT2D eigenvalue weighted by atomic mass is 10.2. The second-order valence-electron chi connectivity index (χ2n) is 4.50. The van der Waals surface area contributed by atoms with Gasteiger partial charge in [-0.15, -0.1) is 0 Å². The quantitative estimate of drug-likeness (QED) is 0.459. The molecule has 3 aromatic rings. The molecule has 1 amide bonds. The third kappa shape index (κ3) is 3.10. The van der Waals surface area contributed by atoms with E-state index in [-0.39, 0.29) is 5.91 Å². The van der Waals surface area contributed by atoms with E-state index >= 15 is 0 Å². The molecule has 0 radical (unpaired) electrons. The summed E-state index contributed by atoms with van der Waals surface area (Å²) in [6, 6.07) is 12.7. The molecule has 1 aromatic carbocycles. The van der Waals surface area contributed by atoms with Crippen LogP contribution in [0.15, 0.2) is 60.0 Å². The summed E-state index contributed by atoms with van der Waals surface area (Å²) in [4.78, 5) is 20.0. The van der Waals surface area contributed by atoms with E-state index < -0.39 is 0 Å². The number of hydrazone groups is 1. The monoisotopic (exact) mass is 310 g/mol. The number of fused-ring (bicyclic) bond motifs is 1. The molecule has 0 aliphatic carbocycles. The van der Waals surface area contributed by atoms with Crippen molar-refractivity contribution in [1.82, 2.24) is 15.4 Å². The minimum Gasteiger partial charge on any atom is -0.267 e. The zero-order valence-corrected chi connectivity index (χ0v) is 12.2. The Bertz CT molecular complexity index is 849. The maximum atomic E-state index is 11.8. The predicted octanol–water partition coefficient (Wildman–Crippen LogP) is 3.05. The van der Waals surface area contributed by atoms with E-state index in [1.54, 1.807) is 24.5 Å². The van der Waals surface area contributed by atoms with Gasteiger partial charge in [-0.3, -0.25) is 9.78 Å². The van der Waals surface area contributed by atoms with Gasteiger partial charge in [0.1, 0.15) is 5.15 Å². The van der Waals surface area contributed by atoms with Crippen LogP contribution in [-0.2, 0) is 0 Å². The largest absolute Gasteiger partial charge is 0.271 e. The Morgan fingerprint density at radius 1 is 1.18 bits per heavy atom. The van der Waals surface area contributed by atoms with Crippen LogP contribution in [0.4, 0.5) is 0 Å². The number of para-hydroxylation sites is 1. The summed E-state index contributed by atoms with van der Waals surface area (Å²) < 4.78 is 0. The number of halogens is 1. The number of carbonyl (C=O) groups excluding carboxylic acids is 1. The van der Waals surface area contributed by atoms with Gasteiger partial charge < -0.3 is 0 Å². The first kappa shape index (κ1) is 14.2. The van der Waals surface area contributed by atoms with Gasteiger partial charge in [0.05, 0.1) is 11.7 Å². The van der Waals surface area contributed by atoms with Crippen LogP contribution in [0.3, 0.4) is 0 Å². The number of nitrogens with one attached hydrogen (secondary N) is 1. The minimum absolute atomic E-state index is 0.316. The highest BCUT2D eigenvalue weighted by Crippen LogP contribution is 2.18. The lowest BCUT2D eigenvalue weighted by molar-refractivity contribution is 0.0955. The summed E-state index contributed by atoms with van der Waals surface area (Å²) in [6.07, 6.45) is 4.56. The molecule has 0 bridgehead atoms. The molecule has 0 aliphatic rings. The second kappa shape index (κ2) is 6.32. The SMILES string of the molecule is O=C(N/N=C\c1cc2ccccc2nc1Cl)c1ccncc1. The number of hydrogen-bond donors (Lipinski definition) is 1. The van der Waals surface area contributed by atoms with Crippen molar-refractivity contribution >= 4 is 34.6 Å². The van der Waals surface area contributed by atoms with Gasteiger partial charge in [0, 0.05) is 28.9 Å². The standard InChI is InChI=1S/C16H11ClN4O/c17-15-13(9-12-3-1-2-4-14(12)20-15)10-19-21-16(22)11-5-7-18-8-6-11/h1-10H,(H,21,22)/b19-10-. The Labute approximate surface area is 131 Å². The summed E-state index contributed by atoms with van der Waals surface area (Å²) in [5.74, 6) is -0.316. The van der Waals surface area contributed by atoms with E-state index in [4.69, 9.17) is 11.6 Å². The summed E-state index contributed by atoms with van der Waals surface area (Å²) in [5.41, 5.74) is 4.37. The van der Waals surface area contributed by atoms with Crippen LogP contribution in [0, 0.1) is 0 Å². The first-order valence-electron chi connectivity index (χ1n) is 6.53. The van der Waals surface area contributed by atoms with Crippen LogP contribution in [0.25, 0.3) is 10.9 Å². The molecule has 108 valence electrons. The van der Waals surface area contributed by atoms with Crippen molar-refractivity contribution in [2.75, 3.05) is 0 Å². The Morgan fingerprint density at radius 3 is 2.77 bits per heavy atom. The van der Waals surface area contributed by atoms with Gasteiger partial charge in [-0.2, -0.15) is 5.10 Å². The van der Waals surface area contributed by atoms with Gasteiger partial charge in [-0.05, 0) is 24.3 Å². The Morgan fingerprint density at radius 2 is 1.95 bits per heavy atom. The molecule has 0 unspecified atom stereocenters. The number of carbonyl (C=O) groups is 1. The molecule has 3 rings (SSSR count). The van der Waals surface area contributed by atoms with Gasteiger partial charge >= 0.3 is 0 Å². The molecule has 0 saturated heterocycles. The van der Waals surface area contributed by atoms with Crippen LogP contribution in [-0.4, -0.2) is 22.1 Å². The number of amides is 1. The van der Waals surface area contributed by atoms with Crippen molar-refractivity contribution in [2.45, 2.75) is 0 Å². The first-order valence-corrected chi connectivity index (χ1v) is 6.90. The zero-order valence-electron chi connectivity index (χ0n) is 11.4. The molecule has 0 atom stereocenters. The average molecular weight is 311 g/mol. The molecular weight excluding hydrogens is 300 g/mol. The molecule has 0 aliphatic heterocycles. The predicted molar refractivity (Wildman–Crippen MR) is 86.1 cm³/mol. The Balaban J connectivity index is 1.78. The molecule has 6 heteroatoms. The molecule has 0 saturated carbocycles. The number of nitrogens with zero attached hydrogens (tertiary/aromatic N) is 3. The molecule has 5 nitrogen and oxygen atoms in total. The average Bonchev–Trinajstić information content (AvgIpc) is 2.56. The number of benzene rings is 1. The third-order valence-corrected chi connectivity index (χ3v) is 3.32. The maximum Gasteiger partial charge on any atom is 0.271 e. The Hall–Kier alpha value is -2.79. The molecular formula is C16H11ClN4O. The van der Waals surface area contributed by atoms with Gasteiger partial charge in [-0.1, -0.05) is 29.8 Å². The van der Waals surface area contributed by atoms with Crippen LogP contribution in [0.5, 0.6) is 0 Å². The fourth-order valence-corrected chi connectivity index (χ4v) is 2.12. The number of pyridine rings is 2. The minimum atomic E-state index is -0.316. The van der Waals surface area contributed by atoms with E-state index in [9.17, 15) is 4.79 Å². The summed E-state index contributed by atoms with van der Waals surface area (Å²) >= 11 is 6.11. The summed E-state index contributed by atoms with van der Waals surface area (Å²) in [5, 5.41) is 5.20. The highest BCUT2D eigenvalue weighted by atomic mass is 35.5. The lowest BCUT2D eigenvalue weighted by Crippen LogP contribution is -2.17. The maximum absolute atomic E-state index is 11.8. The van der Waals surface area contributed by atoms with Crippen molar-refractivity contribution in [3.63, 3.8) is 0 Å². The molecule has 2 aromatic heterocycles. The number of hydrogen-bond acceptors (Lipinski definition) is 4. The molecule has 0 spiro atoms. The first-order chi connectivity index (χ1) is 10.7. The van der Waals surface area contributed by atoms with Gasteiger partial charge in [0.15, 0.2) is 0 Å². The van der Waals surface area contributed by atoms with E-state index in [0.717, 1.165) is 10.9 Å². The Kier molecular flexibility index (Phi) is 4.07. The highest BCUT2D eigenvalue weighted by molar-refractivity contribution is 6.32. The van der Waals surface area contributed by atoms with Crippen LogP contribution in [0.1, 0.15) is 15.9 Å². The van der Waals surface area contributed by atoms with Crippen molar-refractivity contribution in [3.05, 3.63) is 71.1 Å². The van der Waals surface area contributed by atoms with Crippen molar-refractivity contribution in [2.24, 2.45) is 5.10 Å². The second-order valence-corrected chi connectivity index (χ2v) is 4.85. The third-order valence-electron chi connectivity index (χ3n) is 3.02. The summed E-state index contributed by atoms with van der Waals surface area (Å²) in [7, 11) is 0. The zero-order chi connectivity index (χ0) is 15.4. The fraction of sp³-hybridized carbons (Fsp3) is 0. The lowest BCUT2D eigenvalue weighted by Gasteiger charge is -2.02. The van der Waals surface area contributed by atoms with Gasteiger partial charge in [0.2, 0.25) is 0 Å². The van der Waals surface area contributed by atoms with E-state index in [1.165, 1.54) is 6.21 Å². The normalized spacial score (nSPS) is 11.0. The number of rotatable bonds is 3. The molecule has 1 N–H and O–H groups in total. The van der Waals surface area contributed by atoms with Crippen LogP contribution in [0.2, 0.25) is 5.15 Å². The van der Waals surface area contributed by atoms with Gasteiger partial charge in [0.25, 0.3) is 5.91 Å². The molecule has 2 heterocycles. The highest BCUT2D eigenvalue weighted by Gasteiger charge is 2.04. The molecule has 22 heavy (non-hydrogen) atoms. The number of aromatic nitrogens is 2. The smallest absolute Gasteiger partial charge is 0.267 e. The van der Waals surface area contributed by atoms with Crippen molar-refractivity contribution in [3.8, 4) is 0 Å². The topological polar surface area (TPSA) is 67.2 Å². The fourth-order valence-electron chi connectivity index (χ4n) is 1.93. The van der Waals surface area contributed by atoms with Crippen molar-refractivity contribution < 1.29 is 4.79 Å². The van der Waals surface area contributed by atoms with E-state index in [2.05, 4.69) is 20.5 Å². The van der Waals surface area contributed by atoms with E-state index in [0.29, 0.717) is 16.3 Å². The van der Waals surface area contributed by atoms with Gasteiger partial charge in [-0.25, -0.2) is 10.4 Å². The van der Waals surface area contributed by atoms with E-state index in [1.807, 2.05) is 30.3 Å².